The molecule has 0 N–H and O–H groups in total. The van der Waals surface area contributed by atoms with Crippen LogP contribution in [0, 0.1) is 29.6 Å². The van der Waals surface area contributed by atoms with E-state index < -0.39 is 5.97 Å². The number of hydrogen-bond acceptors (Lipinski definition) is 3. The highest BCUT2D eigenvalue weighted by Crippen LogP contribution is 2.60. The second kappa shape index (κ2) is 4.69. The van der Waals surface area contributed by atoms with Crippen LogP contribution in [0.2, 0.25) is 0 Å². The predicted octanol–water partition coefficient (Wildman–Crippen LogP) is 2.83. The molecule has 21 heavy (non-hydrogen) atoms. The Labute approximate surface area is 124 Å². The molecule has 2 saturated carbocycles. The molecule has 0 aliphatic heterocycles. The van der Waals surface area contributed by atoms with Gasteiger partial charge in [-0.3, -0.25) is 4.79 Å². The van der Waals surface area contributed by atoms with Gasteiger partial charge in [0, 0.05) is 11.8 Å². The van der Waals surface area contributed by atoms with E-state index in [1.165, 1.54) is 12.8 Å². The van der Waals surface area contributed by atoms with Crippen LogP contribution in [0.1, 0.15) is 26.2 Å². The Kier molecular flexibility index (Phi) is 2.91. The Balaban J connectivity index is 1.80. The maximum atomic E-state index is 12.9. The highest BCUT2D eigenvalue weighted by molar-refractivity contribution is 6.21. The second-order valence-electron chi connectivity index (χ2n) is 6.60. The molecule has 4 aliphatic carbocycles. The van der Waals surface area contributed by atoms with E-state index in [4.69, 9.17) is 4.74 Å². The van der Waals surface area contributed by atoms with Crippen molar-refractivity contribution >= 4 is 11.8 Å². The fraction of sp³-hybridized carbons (Fsp3) is 0.556. The number of esters is 1. The van der Waals surface area contributed by atoms with E-state index in [2.05, 4.69) is 12.2 Å². The molecule has 0 heterocycles. The van der Waals surface area contributed by atoms with Crippen LogP contribution in [0.3, 0.4) is 0 Å². The highest BCUT2D eigenvalue weighted by Gasteiger charge is 2.58. The average molecular weight is 284 g/mol. The van der Waals surface area contributed by atoms with Crippen LogP contribution in [-0.2, 0) is 14.3 Å². The maximum Gasteiger partial charge on any atom is 0.341 e. The summed E-state index contributed by atoms with van der Waals surface area (Å²) in [6.45, 7) is 2.11. The molecule has 0 aromatic rings. The number of ether oxygens (including phenoxy) is 1. The molecule has 0 spiro atoms. The van der Waals surface area contributed by atoms with Gasteiger partial charge in [0.15, 0.2) is 5.78 Å². The largest absolute Gasteiger partial charge is 0.462 e. The molecule has 0 aromatic heterocycles. The molecule has 4 atom stereocenters. The molecule has 3 heteroatoms. The first-order chi connectivity index (χ1) is 10.2. The van der Waals surface area contributed by atoms with E-state index in [9.17, 15) is 9.59 Å². The SMILES string of the molecule is CCOC(=O)C1=C(C2C=CC=C2)[C@H]2[C@@H]3CC[C@@H](C3)[C@H]2C1=O. The molecule has 2 bridgehead atoms. The molecule has 110 valence electrons. The Morgan fingerprint density at radius 2 is 1.86 bits per heavy atom. The number of Topliss-reactive ketones (excluding diaryl/α,β-unsaturated/α-hetero) is 1. The molecule has 4 aliphatic rings. The molecule has 3 nitrogen and oxygen atoms in total. The summed E-state index contributed by atoms with van der Waals surface area (Å²) in [7, 11) is 0. The number of ketones is 1. The van der Waals surface area contributed by atoms with Gasteiger partial charge in [0.05, 0.1) is 6.61 Å². The van der Waals surface area contributed by atoms with E-state index in [-0.39, 0.29) is 23.5 Å². The molecule has 0 aromatic carbocycles. The highest BCUT2D eigenvalue weighted by atomic mass is 16.5. The topological polar surface area (TPSA) is 43.4 Å². The number of carbonyl (C=O) groups is 2. The standard InChI is InChI=1S/C18H20O3/c1-2-21-18(20)16-13(10-5-3-4-6-10)14-11-7-8-12(9-11)15(14)17(16)19/h3-6,10-12,14-15H,2,7-9H2,1H3/t11-,12+,14-,15-/m1/s1. The Bertz CT molecular complexity index is 584. The summed E-state index contributed by atoms with van der Waals surface area (Å²) in [6.07, 6.45) is 11.7. The lowest BCUT2D eigenvalue weighted by molar-refractivity contribution is -0.140. The smallest absolute Gasteiger partial charge is 0.341 e. The van der Waals surface area contributed by atoms with Crippen molar-refractivity contribution in [1.82, 2.24) is 0 Å². The zero-order valence-electron chi connectivity index (χ0n) is 12.2. The quantitative estimate of drug-likeness (QED) is 0.591. The van der Waals surface area contributed by atoms with E-state index >= 15 is 0 Å². The first-order valence-electron chi connectivity index (χ1n) is 8.02. The minimum atomic E-state index is -0.403. The van der Waals surface area contributed by atoms with Gasteiger partial charge in [-0.2, -0.15) is 0 Å². The van der Waals surface area contributed by atoms with Crippen LogP contribution in [0.4, 0.5) is 0 Å². The maximum absolute atomic E-state index is 12.9. The molecule has 0 amide bonds. The predicted molar refractivity (Wildman–Crippen MR) is 78.2 cm³/mol. The molecule has 2 fully saturated rings. The minimum Gasteiger partial charge on any atom is -0.462 e. The number of carbonyl (C=O) groups excluding carboxylic acids is 2. The van der Waals surface area contributed by atoms with Crippen LogP contribution in [-0.4, -0.2) is 18.4 Å². The van der Waals surface area contributed by atoms with Gasteiger partial charge >= 0.3 is 5.97 Å². The second-order valence-corrected chi connectivity index (χ2v) is 6.60. The zero-order chi connectivity index (χ0) is 14.6. The van der Waals surface area contributed by atoms with Crippen molar-refractivity contribution in [2.45, 2.75) is 26.2 Å². The third kappa shape index (κ3) is 1.73. The van der Waals surface area contributed by atoms with Gasteiger partial charge in [-0.15, -0.1) is 0 Å². The molecule has 0 radical (unpaired) electrons. The van der Waals surface area contributed by atoms with E-state index in [0.29, 0.717) is 24.0 Å². The lowest BCUT2D eigenvalue weighted by atomic mass is 9.75. The summed E-state index contributed by atoms with van der Waals surface area (Å²) < 4.78 is 5.18. The van der Waals surface area contributed by atoms with Gasteiger partial charge in [0.1, 0.15) is 5.57 Å². The van der Waals surface area contributed by atoms with Crippen molar-refractivity contribution in [3.63, 3.8) is 0 Å². The average Bonchev–Trinajstić information content (AvgIpc) is 3.21. The Hall–Kier alpha value is -1.64. The fourth-order valence-electron chi connectivity index (χ4n) is 5.04. The summed E-state index contributed by atoms with van der Waals surface area (Å²) >= 11 is 0. The van der Waals surface area contributed by atoms with Crippen LogP contribution in [0.15, 0.2) is 35.5 Å². The first-order valence-corrected chi connectivity index (χ1v) is 8.02. The summed E-state index contributed by atoms with van der Waals surface area (Å²) in [5.74, 6) is 1.20. The van der Waals surface area contributed by atoms with Crippen molar-refractivity contribution in [3.05, 3.63) is 35.5 Å². The summed E-state index contributed by atoms with van der Waals surface area (Å²) in [4.78, 5) is 25.2. The van der Waals surface area contributed by atoms with Crippen molar-refractivity contribution in [1.29, 1.82) is 0 Å². The lowest BCUT2D eigenvalue weighted by Crippen LogP contribution is -2.26. The molecular weight excluding hydrogens is 264 g/mol. The van der Waals surface area contributed by atoms with Gasteiger partial charge in [0.25, 0.3) is 0 Å². The molecule has 4 rings (SSSR count). The third-order valence-corrected chi connectivity index (χ3v) is 5.70. The van der Waals surface area contributed by atoms with Crippen molar-refractivity contribution in [3.8, 4) is 0 Å². The normalized spacial score (nSPS) is 36.9. The first kappa shape index (κ1) is 13.1. The van der Waals surface area contributed by atoms with Crippen molar-refractivity contribution in [2.75, 3.05) is 6.61 Å². The van der Waals surface area contributed by atoms with Crippen LogP contribution < -0.4 is 0 Å². The summed E-state index contributed by atoms with van der Waals surface area (Å²) in [5, 5.41) is 0. The third-order valence-electron chi connectivity index (χ3n) is 5.70. The van der Waals surface area contributed by atoms with Gasteiger partial charge < -0.3 is 4.74 Å². The van der Waals surface area contributed by atoms with Gasteiger partial charge in [-0.25, -0.2) is 4.79 Å². The molecule has 0 unspecified atom stereocenters. The van der Waals surface area contributed by atoms with E-state index in [0.717, 1.165) is 12.0 Å². The number of rotatable bonds is 3. The molecular formula is C18H20O3. The van der Waals surface area contributed by atoms with Gasteiger partial charge in [-0.05, 0) is 49.5 Å². The Morgan fingerprint density at radius 1 is 1.19 bits per heavy atom. The van der Waals surface area contributed by atoms with Crippen LogP contribution in [0.25, 0.3) is 0 Å². The minimum absolute atomic E-state index is 0.0561. The van der Waals surface area contributed by atoms with Crippen molar-refractivity contribution < 1.29 is 14.3 Å². The monoisotopic (exact) mass is 284 g/mol. The van der Waals surface area contributed by atoms with Crippen LogP contribution >= 0.6 is 0 Å². The van der Waals surface area contributed by atoms with Gasteiger partial charge in [-0.1, -0.05) is 24.3 Å². The van der Waals surface area contributed by atoms with Gasteiger partial charge in [0.2, 0.25) is 0 Å². The number of allylic oxidation sites excluding steroid dienone is 5. The zero-order valence-corrected chi connectivity index (χ0v) is 12.2. The van der Waals surface area contributed by atoms with E-state index in [1.807, 2.05) is 12.2 Å². The fourth-order valence-corrected chi connectivity index (χ4v) is 5.04. The Morgan fingerprint density at radius 3 is 2.52 bits per heavy atom. The van der Waals surface area contributed by atoms with E-state index in [1.54, 1.807) is 6.92 Å². The molecule has 0 saturated heterocycles. The number of fused-ring (bicyclic) bond motifs is 5. The van der Waals surface area contributed by atoms with Crippen molar-refractivity contribution in [2.24, 2.45) is 29.6 Å². The lowest BCUT2D eigenvalue weighted by Gasteiger charge is -2.27. The van der Waals surface area contributed by atoms with Crippen LogP contribution in [0.5, 0.6) is 0 Å². The summed E-state index contributed by atoms with van der Waals surface area (Å²) in [6, 6.07) is 0. The number of hydrogen-bond donors (Lipinski definition) is 0. The summed E-state index contributed by atoms with van der Waals surface area (Å²) in [5.41, 5.74) is 1.44.